The second kappa shape index (κ2) is 5.02. The summed E-state index contributed by atoms with van der Waals surface area (Å²) in [5, 5.41) is 1.23. The van der Waals surface area contributed by atoms with Crippen molar-refractivity contribution in [3.05, 3.63) is 29.5 Å². The van der Waals surface area contributed by atoms with E-state index in [9.17, 15) is 0 Å². The van der Waals surface area contributed by atoms with Gasteiger partial charge in [-0.1, -0.05) is 26.0 Å². The van der Waals surface area contributed by atoms with E-state index < -0.39 is 0 Å². The molecule has 1 unspecified atom stereocenters. The summed E-state index contributed by atoms with van der Waals surface area (Å²) in [7, 11) is 1.70. The third-order valence-electron chi connectivity index (χ3n) is 3.68. The summed E-state index contributed by atoms with van der Waals surface area (Å²) in [6.45, 7) is 7.22. The molecule has 0 aliphatic heterocycles. The van der Waals surface area contributed by atoms with Crippen molar-refractivity contribution >= 4 is 10.9 Å². The number of H-pyrrole nitrogens is 1. The molecular weight excluding hydrogens is 224 g/mol. The molecule has 3 N–H and O–H groups in total. The Bertz CT molecular complexity index is 543. The summed E-state index contributed by atoms with van der Waals surface area (Å²) in [4.78, 5) is 3.44. The number of benzene rings is 1. The van der Waals surface area contributed by atoms with Crippen LogP contribution < -0.4 is 10.5 Å². The number of hydrogen-bond donors (Lipinski definition) is 2. The number of aromatic nitrogens is 1. The maximum atomic E-state index is 5.95. The highest BCUT2D eigenvalue weighted by molar-refractivity contribution is 5.90. The van der Waals surface area contributed by atoms with E-state index in [1.165, 1.54) is 16.6 Å². The SMILES string of the molecule is COc1cccc2c(C(CN)C(C)C)c(C)[nH]c12. The average Bonchev–Trinajstić information content (AvgIpc) is 2.67. The first kappa shape index (κ1) is 13.0. The number of fused-ring (bicyclic) bond motifs is 1. The molecule has 0 amide bonds. The Morgan fingerprint density at radius 1 is 1.33 bits per heavy atom. The van der Waals surface area contributed by atoms with Crippen LogP contribution in [0, 0.1) is 12.8 Å². The first-order chi connectivity index (χ1) is 8.60. The molecule has 0 aliphatic rings. The zero-order valence-corrected chi connectivity index (χ0v) is 11.6. The fraction of sp³-hybridized carbons (Fsp3) is 0.467. The van der Waals surface area contributed by atoms with E-state index in [2.05, 4.69) is 31.8 Å². The van der Waals surface area contributed by atoms with Crippen LogP contribution in [0.4, 0.5) is 0 Å². The van der Waals surface area contributed by atoms with E-state index in [4.69, 9.17) is 10.5 Å². The van der Waals surface area contributed by atoms with Crippen LogP contribution in [0.15, 0.2) is 18.2 Å². The van der Waals surface area contributed by atoms with Crippen LogP contribution in [0.1, 0.15) is 31.0 Å². The Kier molecular flexibility index (Phi) is 3.62. The van der Waals surface area contributed by atoms with Gasteiger partial charge in [0.1, 0.15) is 5.75 Å². The number of para-hydroxylation sites is 1. The Balaban J connectivity index is 2.67. The highest BCUT2D eigenvalue weighted by atomic mass is 16.5. The standard InChI is InChI=1S/C15H22N2O/c1-9(2)12(8-16)14-10(3)17-15-11(14)6-5-7-13(15)18-4/h5-7,9,12,17H,8,16H2,1-4H3. The lowest BCUT2D eigenvalue weighted by molar-refractivity contribution is 0.419. The van der Waals surface area contributed by atoms with E-state index in [-0.39, 0.29) is 0 Å². The Labute approximate surface area is 108 Å². The summed E-state index contributed by atoms with van der Waals surface area (Å²) < 4.78 is 5.41. The number of nitrogens with one attached hydrogen (secondary N) is 1. The van der Waals surface area contributed by atoms with Crippen molar-refractivity contribution in [3.8, 4) is 5.75 Å². The summed E-state index contributed by atoms with van der Waals surface area (Å²) in [6, 6.07) is 6.16. The molecule has 0 fully saturated rings. The van der Waals surface area contributed by atoms with E-state index in [0.717, 1.165) is 11.3 Å². The molecule has 1 aromatic carbocycles. The van der Waals surface area contributed by atoms with Gasteiger partial charge in [0.2, 0.25) is 0 Å². The molecule has 0 spiro atoms. The predicted molar refractivity (Wildman–Crippen MR) is 76.2 cm³/mol. The molecule has 1 atom stereocenters. The van der Waals surface area contributed by atoms with Gasteiger partial charge in [-0.2, -0.15) is 0 Å². The third-order valence-corrected chi connectivity index (χ3v) is 3.68. The van der Waals surface area contributed by atoms with Gasteiger partial charge in [-0.3, -0.25) is 0 Å². The molecule has 1 aromatic heterocycles. The maximum Gasteiger partial charge on any atom is 0.142 e. The molecule has 2 aromatic rings. The lowest BCUT2D eigenvalue weighted by Gasteiger charge is -2.19. The summed E-state index contributed by atoms with van der Waals surface area (Å²) in [5.74, 6) is 1.80. The van der Waals surface area contributed by atoms with Crippen molar-refractivity contribution in [1.29, 1.82) is 0 Å². The van der Waals surface area contributed by atoms with Crippen molar-refractivity contribution in [3.63, 3.8) is 0 Å². The molecule has 18 heavy (non-hydrogen) atoms. The van der Waals surface area contributed by atoms with E-state index in [1.807, 2.05) is 12.1 Å². The first-order valence-corrected chi connectivity index (χ1v) is 6.45. The van der Waals surface area contributed by atoms with Crippen molar-refractivity contribution < 1.29 is 4.74 Å². The number of hydrogen-bond acceptors (Lipinski definition) is 2. The number of rotatable bonds is 4. The monoisotopic (exact) mass is 246 g/mol. The van der Waals surface area contributed by atoms with Crippen molar-refractivity contribution in [2.45, 2.75) is 26.7 Å². The Morgan fingerprint density at radius 3 is 2.61 bits per heavy atom. The average molecular weight is 246 g/mol. The van der Waals surface area contributed by atoms with E-state index in [1.54, 1.807) is 7.11 Å². The molecule has 0 aliphatic carbocycles. The Hall–Kier alpha value is -1.48. The summed E-state index contributed by atoms with van der Waals surface area (Å²) >= 11 is 0. The fourth-order valence-corrected chi connectivity index (χ4v) is 2.71. The van der Waals surface area contributed by atoms with Crippen LogP contribution in [-0.2, 0) is 0 Å². The zero-order valence-electron chi connectivity index (χ0n) is 11.6. The van der Waals surface area contributed by atoms with Crippen molar-refractivity contribution in [2.24, 2.45) is 11.7 Å². The summed E-state index contributed by atoms with van der Waals surface area (Å²) in [5.41, 5.74) is 9.55. The lowest BCUT2D eigenvalue weighted by Crippen LogP contribution is -2.18. The molecule has 2 rings (SSSR count). The van der Waals surface area contributed by atoms with Gasteiger partial charge in [-0.05, 0) is 31.0 Å². The molecule has 98 valence electrons. The van der Waals surface area contributed by atoms with E-state index in [0.29, 0.717) is 18.4 Å². The van der Waals surface area contributed by atoms with Crippen molar-refractivity contribution in [1.82, 2.24) is 4.98 Å². The molecule has 3 heteroatoms. The predicted octanol–water partition coefficient (Wildman–Crippen LogP) is 3.18. The smallest absolute Gasteiger partial charge is 0.142 e. The van der Waals surface area contributed by atoms with Gasteiger partial charge >= 0.3 is 0 Å². The second-order valence-corrected chi connectivity index (χ2v) is 5.13. The molecular formula is C15H22N2O. The minimum atomic E-state index is 0.380. The second-order valence-electron chi connectivity index (χ2n) is 5.13. The number of nitrogens with two attached hydrogens (primary N) is 1. The number of methoxy groups -OCH3 is 1. The molecule has 3 nitrogen and oxygen atoms in total. The van der Waals surface area contributed by atoms with Gasteiger partial charge in [-0.25, -0.2) is 0 Å². The number of aryl methyl sites for hydroxylation is 1. The lowest BCUT2D eigenvalue weighted by atomic mass is 9.87. The quantitative estimate of drug-likeness (QED) is 0.870. The van der Waals surface area contributed by atoms with Gasteiger partial charge in [0.25, 0.3) is 0 Å². The summed E-state index contributed by atoms with van der Waals surface area (Å²) in [6.07, 6.45) is 0. The fourth-order valence-electron chi connectivity index (χ4n) is 2.71. The van der Waals surface area contributed by atoms with Crippen LogP contribution in [0.3, 0.4) is 0 Å². The van der Waals surface area contributed by atoms with Gasteiger partial charge < -0.3 is 15.5 Å². The van der Waals surface area contributed by atoms with Gasteiger partial charge in [0.15, 0.2) is 0 Å². The van der Waals surface area contributed by atoms with E-state index >= 15 is 0 Å². The molecule has 0 bridgehead atoms. The number of ether oxygens (including phenoxy) is 1. The van der Waals surface area contributed by atoms with Gasteiger partial charge in [-0.15, -0.1) is 0 Å². The van der Waals surface area contributed by atoms with Crippen LogP contribution in [-0.4, -0.2) is 18.6 Å². The Morgan fingerprint density at radius 2 is 2.06 bits per heavy atom. The van der Waals surface area contributed by atoms with Crippen LogP contribution in [0.2, 0.25) is 0 Å². The minimum absolute atomic E-state index is 0.380. The van der Waals surface area contributed by atoms with Gasteiger partial charge in [0.05, 0.1) is 12.6 Å². The minimum Gasteiger partial charge on any atom is -0.495 e. The molecule has 1 heterocycles. The maximum absolute atomic E-state index is 5.95. The topological polar surface area (TPSA) is 51.0 Å². The zero-order chi connectivity index (χ0) is 13.3. The highest BCUT2D eigenvalue weighted by Crippen LogP contribution is 2.36. The third kappa shape index (κ3) is 1.99. The highest BCUT2D eigenvalue weighted by Gasteiger charge is 2.21. The van der Waals surface area contributed by atoms with Crippen LogP contribution in [0.5, 0.6) is 5.75 Å². The van der Waals surface area contributed by atoms with Gasteiger partial charge in [0, 0.05) is 17.0 Å². The molecule has 0 saturated heterocycles. The number of aromatic amines is 1. The molecule has 0 radical (unpaired) electrons. The first-order valence-electron chi connectivity index (χ1n) is 6.45. The van der Waals surface area contributed by atoms with Crippen LogP contribution in [0.25, 0.3) is 10.9 Å². The normalized spacial score (nSPS) is 13.2. The van der Waals surface area contributed by atoms with Crippen LogP contribution >= 0.6 is 0 Å². The largest absolute Gasteiger partial charge is 0.495 e. The molecule has 0 saturated carbocycles. The van der Waals surface area contributed by atoms with Crippen molar-refractivity contribution in [2.75, 3.05) is 13.7 Å².